The van der Waals surface area contributed by atoms with E-state index in [0.29, 0.717) is 5.75 Å². The van der Waals surface area contributed by atoms with Crippen LogP contribution in [0.4, 0.5) is 0 Å². The molecule has 4 heteroatoms. The number of carbonyl (C=O) groups excluding carboxylic acids is 1. The Labute approximate surface area is 69.8 Å². The number of rotatable bonds is 4. The molecule has 0 aromatic rings. The van der Waals surface area contributed by atoms with Crippen molar-refractivity contribution in [1.29, 1.82) is 0 Å². The van der Waals surface area contributed by atoms with Crippen molar-refractivity contribution >= 4 is 29.3 Å². The molecule has 1 amide bonds. The van der Waals surface area contributed by atoms with E-state index in [4.69, 9.17) is 17.3 Å². The molecule has 0 spiro atoms. The van der Waals surface area contributed by atoms with Crippen molar-refractivity contribution in [2.24, 2.45) is 5.73 Å². The van der Waals surface area contributed by atoms with Crippen molar-refractivity contribution in [2.75, 3.05) is 11.5 Å². The Balaban J connectivity index is 3.29. The topological polar surface area (TPSA) is 43.1 Å². The molecule has 0 aromatic carbocycles. The highest BCUT2D eigenvalue weighted by Gasteiger charge is 1.94. The van der Waals surface area contributed by atoms with Gasteiger partial charge in [-0.15, -0.1) is 11.8 Å². The van der Waals surface area contributed by atoms with E-state index in [0.717, 1.165) is 11.3 Å². The number of halogens is 1. The van der Waals surface area contributed by atoms with Gasteiger partial charge in [0, 0.05) is 11.3 Å². The van der Waals surface area contributed by atoms with Crippen LogP contribution in [0.5, 0.6) is 0 Å². The Morgan fingerprint density at radius 3 is 2.70 bits per heavy atom. The minimum absolute atomic E-state index is 0.285. The summed E-state index contributed by atoms with van der Waals surface area (Å²) in [6, 6.07) is 0. The summed E-state index contributed by atoms with van der Waals surface area (Å²) >= 11 is 6.84. The summed E-state index contributed by atoms with van der Waals surface area (Å²) in [4.78, 5) is 10.2. The molecule has 2 nitrogen and oxygen atoms in total. The van der Waals surface area contributed by atoms with Gasteiger partial charge in [0.2, 0.25) is 5.91 Å². The first kappa shape index (κ1) is 9.85. The third-order valence-corrected chi connectivity index (χ3v) is 2.28. The van der Waals surface area contributed by atoms with Crippen LogP contribution in [0.15, 0.2) is 11.1 Å². The van der Waals surface area contributed by atoms with Crippen LogP contribution in [-0.4, -0.2) is 17.4 Å². The zero-order valence-electron chi connectivity index (χ0n) is 5.76. The normalized spacial score (nSPS) is 11.6. The third-order valence-electron chi connectivity index (χ3n) is 0.760. The second-order valence-corrected chi connectivity index (χ2v) is 3.12. The van der Waals surface area contributed by atoms with E-state index in [2.05, 4.69) is 0 Å². The lowest BCUT2D eigenvalue weighted by atomic mass is 10.4. The van der Waals surface area contributed by atoms with Gasteiger partial charge in [-0.25, -0.2) is 0 Å². The van der Waals surface area contributed by atoms with Gasteiger partial charge in [-0.1, -0.05) is 17.2 Å². The number of thioether (sulfide) groups is 1. The van der Waals surface area contributed by atoms with Gasteiger partial charge in [0.05, 0.1) is 5.75 Å². The maximum atomic E-state index is 10.2. The molecule has 10 heavy (non-hydrogen) atoms. The number of nitrogens with two attached hydrogens (primary N) is 1. The van der Waals surface area contributed by atoms with Crippen molar-refractivity contribution in [3.05, 3.63) is 11.1 Å². The second kappa shape index (κ2) is 5.62. The molecule has 0 unspecified atom stereocenters. The molecule has 2 N–H and O–H groups in total. The number of carbonyl (C=O) groups is 1. The van der Waals surface area contributed by atoms with Gasteiger partial charge in [-0.2, -0.15) is 0 Å². The monoisotopic (exact) mass is 179 g/mol. The number of hydrogen-bond acceptors (Lipinski definition) is 2. The molecule has 0 fully saturated rings. The first-order valence-electron chi connectivity index (χ1n) is 2.78. The highest BCUT2D eigenvalue weighted by Crippen LogP contribution is 2.06. The lowest BCUT2D eigenvalue weighted by Gasteiger charge is -1.96. The molecule has 0 aliphatic carbocycles. The fraction of sp³-hybridized carbons (Fsp3) is 0.500. The lowest BCUT2D eigenvalue weighted by Crippen LogP contribution is -2.13. The predicted octanol–water partition coefficient (Wildman–Crippen LogP) is 1.35. The van der Waals surface area contributed by atoms with E-state index in [1.54, 1.807) is 0 Å². The fourth-order valence-electron chi connectivity index (χ4n) is 0.344. The average Bonchev–Trinajstić information content (AvgIpc) is 1.87. The predicted molar refractivity (Wildman–Crippen MR) is 46.1 cm³/mol. The molecule has 0 bridgehead atoms. The molecule has 0 aliphatic rings. The highest BCUT2D eigenvalue weighted by atomic mass is 35.5. The Kier molecular flexibility index (Phi) is 5.54. The maximum Gasteiger partial charge on any atom is 0.227 e. The van der Waals surface area contributed by atoms with Crippen molar-refractivity contribution < 1.29 is 4.79 Å². The SMILES string of the molecule is C/C(=C\Cl)CSCC(N)=O. The van der Waals surface area contributed by atoms with Crippen LogP contribution in [0.25, 0.3) is 0 Å². The van der Waals surface area contributed by atoms with Crippen LogP contribution in [0.1, 0.15) is 6.92 Å². The number of hydrogen-bond donors (Lipinski definition) is 1. The molecule has 0 radical (unpaired) electrons. The van der Waals surface area contributed by atoms with Crippen molar-refractivity contribution in [1.82, 2.24) is 0 Å². The van der Waals surface area contributed by atoms with E-state index in [9.17, 15) is 4.79 Å². The smallest absolute Gasteiger partial charge is 0.227 e. The summed E-state index contributed by atoms with van der Waals surface area (Å²) < 4.78 is 0. The van der Waals surface area contributed by atoms with Crippen LogP contribution < -0.4 is 5.73 Å². The molecular weight excluding hydrogens is 170 g/mol. The zero-order valence-corrected chi connectivity index (χ0v) is 7.34. The van der Waals surface area contributed by atoms with Crippen molar-refractivity contribution in [3.63, 3.8) is 0 Å². The molecule has 0 atom stereocenters. The van der Waals surface area contributed by atoms with Gasteiger partial charge in [-0.05, 0) is 6.92 Å². The number of amides is 1. The quantitative estimate of drug-likeness (QED) is 0.708. The zero-order chi connectivity index (χ0) is 7.98. The molecule has 0 saturated heterocycles. The van der Waals surface area contributed by atoms with E-state index in [-0.39, 0.29) is 5.91 Å². The largest absolute Gasteiger partial charge is 0.369 e. The molecule has 0 saturated carbocycles. The van der Waals surface area contributed by atoms with Gasteiger partial charge >= 0.3 is 0 Å². The molecule has 58 valence electrons. The standard InChI is InChI=1S/C6H10ClNOS/c1-5(2-7)3-10-4-6(8)9/h2H,3-4H2,1H3,(H2,8,9)/b5-2+. The van der Waals surface area contributed by atoms with E-state index in [1.807, 2.05) is 6.92 Å². The Morgan fingerprint density at radius 1 is 1.70 bits per heavy atom. The van der Waals surface area contributed by atoms with Gasteiger partial charge in [0.1, 0.15) is 0 Å². The molecule has 0 rings (SSSR count). The van der Waals surface area contributed by atoms with Crippen LogP contribution in [0.2, 0.25) is 0 Å². The van der Waals surface area contributed by atoms with Crippen LogP contribution in [-0.2, 0) is 4.79 Å². The second-order valence-electron chi connectivity index (χ2n) is 1.91. The average molecular weight is 180 g/mol. The van der Waals surface area contributed by atoms with Crippen molar-refractivity contribution in [2.45, 2.75) is 6.92 Å². The highest BCUT2D eigenvalue weighted by molar-refractivity contribution is 8.00. The van der Waals surface area contributed by atoms with E-state index in [1.165, 1.54) is 17.3 Å². The van der Waals surface area contributed by atoms with Crippen molar-refractivity contribution in [3.8, 4) is 0 Å². The van der Waals surface area contributed by atoms with Crippen LogP contribution >= 0.6 is 23.4 Å². The summed E-state index contributed by atoms with van der Waals surface area (Å²) in [7, 11) is 0. The summed E-state index contributed by atoms with van der Waals surface area (Å²) in [5.74, 6) is 0.849. The minimum atomic E-state index is -0.285. The molecule has 0 heterocycles. The first-order chi connectivity index (χ1) is 4.66. The summed E-state index contributed by atoms with van der Waals surface area (Å²) in [5.41, 5.74) is 7.46. The van der Waals surface area contributed by atoms with Crippen LogP contribution in [0.3, 0.4) is 0 Å². The molecule has 0 aliphatic heterocycles. The van der Waals surface area contributed by atoms with E-state index >= 15 is 0 Å². The first-order valence-corrected chi connectivity index (χ1v) is 4.38. The number of primary amides is 1. The summed E-state index contributed by atoms with van der Waals surface area (Å²) in [6.45, 7) is 1.90. The Hall–Kier alpha value is -0.150. The summed E-state index contributed by atoms with van der Waals surface area (Å²) in [5, 5.41) is 0. The van der Waals surface area contributed by atoms with Gasteiger partial charge < -0.3 is 5.73 Å². The van der Waals surface area contributed by atoms with Crippen LogP contribution in [0, 0.1) is 0 Å². The van der Waals surface area contributed by atoms with E-state index < -0.39 is 0 Å². The Morgan fingerprint density at radius 2 is 2.30 bits per heavy atom. The van der Waals surface area contributed by atoms with Gasteiger partial charge in [0.25, 0.3) is 0 Å². The maximum absolute atomic E-state index is 10.2. The summed E-state index contributed by atoms with van der Waals surface area (Å²) in [6.07, 6.45) is 0. The Bertz CT molecular complexity index is 147. The van der Waals surface area contributed by atoms with Gasteiger partial charge in [0.15, 0.2) is 0 Å². The molecule has 0 aromatic heterocycles. The third kappa shape index (κ3) is 5.98. The fourth-order valence-corrected chi connectivity index (χ4v) is 1.22. The molecular formula is C6H10ClNOS. The van der Waals surface area contributed by atoms with Gasteiger partial charge in [-0.3, -0.25) is 4.79 Å². The lowest BCUT2D eigenvalue weighted by molar-refractivity contribution is -0.115. The minimum Gasteiger partial charge on any atom is -0.369 e.